The highest BCUT2D eigenvalue weighted by atomic mass is 32.2. The Labute approximate surface area is 269 Å². The first kappa shape index (κ1) is 33.3. The molecule has 0 saturated carbocycles. The number of carbonyl (C=O) groups is 1. The van der Waals surface area contributed by atoms with E-state index in [1.807, 2.05) is 0 Å². The maximum Gasteiger partial charge on any atom is 0.407 e. The summed E-state index contributed by atoms with van der Waals surface area (Å²) in [7, 11) is -1.97. The molecule has 1 fully saturated rings. The van der Waals surface area contributed by atoms with Crippen molar-refractivity contribution in [2.24, 2.45) is 5.92 Å². The summed E-state index contributed by atoms with van der Waals surface area (Å²) in [5, 5.41) is 9.54. The van der Waals surface area contributed by atoms with E-state index in [0.717, 1.165) is 9.87 Å². The minimum Gasteiger partial charge on any atom is -0.497 e. The van der Waals surface area contributed by atoms with Gasteiger partial charge in [0.25, 0.3) is 10.0 Å². The minimum absolute atomic E-state index is 0.0365. The van der Waals surface area contributed by atoms with Gasteiger partial charge < -0.3 is 24.2 Å². The fraction of sp³-hybridized carbons (Fsp3) is 0.281. The number of hydrogen-bond acceptors (Lipinski definition) is 8. The van der Waals surface area contributed by atoms with Crippen molar-refractivity contribution in [3.05, 3.63) is 102 Å². The maximum atomic E-state index is 15.6. The summed E-state index contributed by atoms with van der Waals surface area (Å²) in [6.45, 7) is -0.358. The number of aromatic nitrogens is 2. The number of sulfonamides is 1. The Balaban J connectivity index is 1.43. The van der Waals surface area contributed by atoms with E-state index >= 15 is 8.78 Å². The topological polar surface area (TPSA) is 131 Å². The van der Waals surface area contributed by atoms with E-state index in [-0.39, 0.29) is 37.3 Å². The van der Waals surface area contributed by atoms with E-state index in [1.165, 1.54) is 49.7 Å². The lowest BCUT2D eigenvalue weighted by atomic mass is 9.81. The Kier molecular flexibility index (Phi) is 10.0. The van der Waals surface area contributed by atoms with Gasteiger partial charge in [-0.15, -0.1) is 0 Å². The smallest absolute Gasteiger partial charge is 0.407 e. The number of carboxylic acid groups (broad SMARTS) is 1. The number of amides is 1. The Morgan fingerprint density at radius 1 is 0.979 bits per heavy atom. The number of hydrogen-bond donors (Lipinski definition) is 1. The number of ether oxygens (including phenoxy) is 3. The second-order valence-corrected chi connectivity index (χ2v) is 12.5. The zero-order valence-corrected chi connectivity index (χ0v) is 26.2. The van der Waals surface area contributed by atoms with Crippen molar-refractivity contribution in [1.82, 2.24) is 14.9 Å². The van der Waals surface area contributed by atoms with E-state index in [4.69, 9.17) is 14.2 Å². The summed E-state index contributed by atoms with van der Waals surface area (Å²) >= 11 is 0. The molecule has 2 unspecified atom stereocenters. The molecule has 1 N–H and O–H groups in total. The van der Waals surface area contributed by atoms with Crippen molar-refractivity contribution >= 4 is 22.1 Å². The van der Waals surface area contributed by atoms with E-state index in [0.29, 0.717) is 29.9 Å². The lowest BCUT2D eigenvalue weighted by Gasteiger charge is -2.37. The van der Waals surface area contributed by atoms with Crippen LogP contribution in [0.1, 0.15) is 23.5 Å². The monoisotopic (exact) mass is 672 g/mol. The number of methoxy groups -OCH3 is 2. The molecule has 1 aliphatic heterocycles. The van der Waals surface area contributed by atoms with Crippen LogP contribution in [-0.2, 0) is 16.6 Å². The summed E-state index contributed by atoms with van der Waals surface area (Å²) in [4.78, 5) is 19.9. The number of likely N-dealkylation sites (tertiary alicyclic amines) is 1. The largest absolute Gasteiger partial charge is 0.497 e. The molecule has 0 bridgehead atoms. The van der Waals surface area contributed by atoms with Crippen LogP contribution in [0.15, 0.2) is 78.0 Å². The van der Waals surface area contributed by atoms with Crippen LogP contribution in [0.25, 0.3) is 0 Å². The molecule has 15 heteroatoms. The van der Waals surface area contributed by atoms with Crippen LogP contribution in [0.2, 0.25) is 0 Å². The van der Waals surface area contributed by atoms with Crippen LogP contribution >= 0.6 is 0 Å². The predicted octanol–water partition coefficient (Wildman–Crippen LogP) is 5.47. The van der Waals surface area contributed by atoms with Crippen molar-refractivity contribution in [2.75, 3.05) is 38.2 Å². The normalized spacial score (nSPS) is 16.4. The lowest BCUT2D eigenvalue weighted by molar-refractivity contribution is 0.0927. The van der Waals surface area contributed by atoms with Gasteiger partial charge in [0.05, 0.1) is 27.4 Å². The summed E-state index contributed by atoms with van der Waals surface area (Å²) < 4.78 is 89.5. The van der Waals surface area contributed by atoms with Crippen LogP contribution in [0.3, 0.4) is 0 Å². The number of piperidine rings is 1. The molecule has 1 amide bonds. The number of nitrogens with zero attached hydrogens (tertiary/aromatic N) is 4. The fourth-order valence-corrected chi connectivity index (χ4v) is 6.89. The second kappa shape index (κ2) is 14.2. The van der Waals surface area contributed by atoms with Gasteiger partial charge in [-0.05, 0) is 48.2 Å². The molecule has 47 heavy (non-hydrogen) atoms. The average Bonchev–Trinajstić information content (AvgIpc) is 3.07. The molecule has 1 saturated heterocycles. The molecule has 3 aromatic carbocycles. The highest BCUT2D eigenvalue weighted by molar-refractivity contribution is 7.92. The predicted molar refractivity (Wildman–Crippen MR) is 164 cm³/mol. The SMILES string of the molecule is COc1ccc(CN(c2ncccn2)S(=O)(=O)c2cc(F)c(OCC3CN(C(=O)O)CCC3c3ccc(F)cc3)cc2F)c(OC)c1. The van der Waals surface area contributed by atoms with Crippen LogP contribution in [0, 0.1) is 23.4 Å². The molecule has 1 aliphatic rings. The van der Waals surface area contributed by atoms with E-state index in [1.54, 1.807) is 30.3 Å². The first-order valence-electron chi connectivity index (χ1n) is 14.4. The van der Waals surface area contributed by atoms with Gasteiger partial charge in [-0.2, -0.15) is 0 Å². The van der Waals surface area contributed by atoms with Gasteiger partial charge in [-0.25, -0.2) is 40.7 Å². The number of anilines is 1. The molecule has 0 aliphatic carbocycles. The third-order valence-corrected chi connectivity index (χ3v) is 9.63. The van der Waals surface area contributed by atoms with Crippen LogP contribution in [-0.4, -0.2) is 68.4 Å². The number of halogens is 3. The van der Waals surface area contributed by atoms with Crippen molar-refractivity contribution in [3.63, 3.8) is 0 Å². The maximum absolute atomic E-state index is 15.6. The van der Waals surface area contributed by atoms with E-state index < -0.39 is 56.7 Å². The quantitative estimate of drug-likeness (QED) is 0.220. The zero-order valence-electron chi connectivity index (χ0n) is 25.3. The summed E-state index contributed by atoms with van der Waals surface area (Å²) in [6.07, 6.45) is 1.87. The third kappa shape index (κ3) is 7.35. The second-order valence-electron chi connectivity index (χ2n) is 10.7. The van der Waals surface area contributed by atoms with Crippen molar-refractivity contribution < 1.29 is 45.7 Å². The first-order valence-corrected chi connectivity index (χ1v) is 15.8. The van der Waals surface area contributed by atoms with Crippen molar-refractivity contribution in [2.45, 2.75) is 23.8 Å². The molecular formula is C32H31F3N4O7S. The first-order chi connectivity index (χ1) is 22.5. The molecular weight excluding hydrogens is 641 g/mol. The third-order valence-electron chi connectivity index (χ3n) is 7.89. The fourth-order valence-electron chi connectivity index (χ4n) is 5.48. The Bertz CT molecular complexity index is 1830. The summed E-state index contributed by atoms with van der Waals surface area (Å²) in [5.41, 5.74) is 1.11. The summed E-state index contributed by atoms with van der Waals surface area (Å²) in [6, 6.07) is 13.1. The van der Waals surface area contributed by atoms with Gasteiger partial charge in [0.15, 0.2) is 11.6 Å². The standard InChI is InChI=1S/C32H31F3N4O7S/c1-44-24-9-6-21(28(14-24)45-2)18-39(31-36-11-3-12-37-31)47(42,43)30-16-26(34)29(15-27(30)35)46-19-22-17-38(32(40)41)13-10-25(22)20-4-7-23(33)8-5-20/h3-9,11-12,14-16,22,25H,10,13,17-19H2,1-2H3,(H,40,41). The van der Waals surface area contributed by atoms with Gasteiger partial charge in [-0.1, -0.05) is 12.1 Å². The molecule has 5 rings (SSSR count). The Morgan fingerprint density at radius 3 is 2.36 bits per heavy atom. The molecule has 2 atom stereocenters. The molecule has 0 spiro atoms. The van der Waals surface area contributed by atoms with E-state index in [2.05, 4.69) is 9.97 Å². The zero-order chi connectivity index (χ0) is 33.7. The van der Waals surface area contributed by atoms with Crippen molar-refractivity contribution in [1.29, 1.82) is 0 Å². The van der Waals surface area contributed by atoms with Gasteiger partial charge in [0.2, 0.25) is 5.95 Å². The van der Waals surface area contributed by atoms with Crippen LogP contribution < -0.4 is 18.5 Å². The Morgan fingerprint density at radius 2 is 1.70 bits per heavy atom. The highest BCUT2D eigenvalue weighted by Crippen LogP contribution is 2.36. The Hall–Kier alpha value is -5.05. The lowest BCUT2D eigenvalue weighted by Crippen LogP contribution is -2.44. The molecule has 11 nitrogen and oxygen atoms in total. The van der Waals surface area contributed by atoms with Gasteiger partial charge in [0, 0.05) is 55.2 Å². The highest BCUT2D eigenvalue weighted by Gasteiger charge is 2.35. The van der Waals surface area contributed by atoms with Gasteiger partial charge >= 0.3 is 6.09 Å². The van der Waals surface area contributed by atoms with Crippen molar-refractivity contribution in [3.8, 4) is 17.2 Å². The van der Waals surface area contributed by atoms with Gasteiger partial charge in [-0.3, -0.25) is 0 Å². The van der Waals surface area contributed by atoms with Crippen LogP contribution in [0.5, 0.6) is 17.2 Å². The van der Waals surface area contributed by atoms with E-state index in [9.17, 15) is 22.7 Å². The number of rotatable bonds is 11. The van der Waals surface area contributed by atoms with Crippen LogP contribution in [0.4, 0.5) is 23.9 Å². The summed E-state index contributed by atoms with van der Waals surface area (Å²) in [5.74, 6) is -3.78. The minimum atomic E-state index is -4.82. The molecule has 2 heterocycles. The van der Waals surface area contributed by atoms with Gasteiger partial charge in [0.1, 0.15) is 28.0 Å². The average molecular weight is 673 g/mol. The number of benzene rings is 3. The molecule has 0 radical (unpaired) electrons. The molecule has 248 valence electrons. The molecule has 1 aromatic heterocycles. The molecule has 4 aromatic rings.